The minimum absolute atomic E-state index is 0.158. The first-order valence-electron chi connectivity index (χ1n) is 11.7. The predicted octanol–water partition coefficient (Wildman–Crippen LogP) is 2.95. The Labute approximate surface area is 210 Å². The summed E-state index contributed by atoms with van der Waals surface area (Å²) in [6.45, 7) is 10.9. The Bertz CT molecular complexity index is 1140. The molecule has 2 aromatic rings. The van der Waals surface area contributed by atoms with E-state index in [0.29, 0.717) is 43.3 Å². The van der Waals surface area contributed by atoms with Gasteiger partial charge < -0.3 is 29.6 Å². The van der Waals surface area contributed by atoms with E-state index in [9.17, 15) is 19.2 Å². The van der Waals surface area contributed by atoms with Crippen LogP contribution in [0.15, 0.2) is 18.3 Å². The number of anilines is 2. The Kier molecular flexibility index (Phi) is 8.01. The molecule has 2 amide bonds. The third kappa shape index (κ3) is 6.41. The molecule has 0 aliphatic carbocycles. The van der Waals surface area contributed by atoms with E-state index in [0.717, 1.165) is 5.69 Å². The summed E-state index contributed by atoms with van der Waals surface area (Å²) in [7, 11) is 1.24. The van der Waals surface area contributed by atoms with Crippen LogP contribution in [0, 0.1) is 6.92 Å². The van der Waals surface area contributed by atoms with Gasteiger partial charge in [-0.2, -0.15) is 0 Å². The van der Waals surface area contributed by atoms with Gasteiger partial charge in [-0.05, 0) is 45.4 Å². The second-order valence-corrected chi connectivity index (χ2v) is 9.61. The lowest BCUT2D eigenvalue weighted by Crippen LogP contribution is -2.50. The highest BCUT2D eigenvalue weighted by Gasteiger charge is 2.27. The van der Waals surface area contributed by atoms with Crippen molar-refractivity contribution in [2.24, 2.45) is 0 Å². The number of carbonyl (C=O) groups is 4. The Morgan fingerprint density at radius 3 is 2.31 bits per heavy atom. The van der Waals surface area contributed by atoms with Gasteiger partial charge in [0.1, 0.15) is 11.4 Å². The second-order valence-electron chi connectivity index (χ2n) is 9.61. The maximum Gasteiger partial charge on any atom is 0.410 e. The number of pyridine rings is 1. The topological polar surface area (TPSA) is 134 Å². The monoisotopic (exact) mass is 499 g/mol. The molecule has 194 valence electrons. The lowest BCUT2D eigenvalue weighted by Gasteiger charge is -2.36. The molecular weight excluding hydrogens is 466 g/mol. The van der Waals surface area contributed by atoms with E-state index in [1.54, 1.807) is 24.1 Å². The van der Waals surface area contributed by atoms with Crippen LogP contribution in [0.1, 0.15) is 59.8 Å². The summed E-state index contributed by atoms with van der Waals surface area (Å²) < 4.78 is 10.2. The van der Waals surface area contributed by atoms with Gasteiger partial charge in [0.25, 0.3) is 0 Å². The Balaban J connectivity index is 1.60. The van der Waals surface area contributed by atoms with Crippen molar-refractivity contribution in [3.8, 4) is 0 Å². The molecule has 2 aromatic heterocycles. The number of amides is 2. The van der Waals surface area contributed by atoms with Crippen molar-refractivity contribution < 1.29 is 28.7 Å². The highest BCUT2D eigenvalue weighted by Crippen LogP contribution is 2.22. The molecule has 0 radical (unpaired) electrons. The zero-order valence-electron chi connectivity index (χ0n) is 21.6. The lowest BCUT2D eigenvalue weighted by atomic mass is 10.1. The van der Waals surface area contributed by atoms with E-state index in [4.69, 9.17) is 9.47 Å². The number of Topliss-reactive ketones (excluding diaryl/α,β-unsaturated/α-hetero) is 1. The number of H-pyrrole nitrogens is 1. The molecule has 2 N–H and O–H groups in total. The highest BCUT2D eigenvalue weighted by molar-refractivity contribution is 6.02. The van der Waals surface area contributed by atoms with E-state index >= 15 is 0 Å². The number of aromatic nitrogens is 2. The number of hydrogen-bond acceptors (Lipinski definition) is 8. The molecular formula is C25H33N5O6. The van der Waals surface area contributed by atoms with Crippen LogP contribution in [0.3, 0.4) is 0 Å². The number of nitrogens with zero attached hydrogens (tertiary/aromatic N) is 3. The lowest BCUT2D eigenvalue weighted by molar-refractivity contribution is -0.115. The van der Waals surface area contributed by atoms with Crippen LogP contribution in [0.2, 0.25) is 0 Å². The summed E-state index contributed by atoms with van der Waals surface area (Å²) >= 11 is 0. The predicted molar refractivity (Wildman–Crippen MR) is 133 cm³/mol. The molecule has 1 saturated heterocycles. The fourth-order valence-corrected chi connectivity index (χ4v) is 3.99. The normalized spacial score (nSPS) is 13.8. The number of aromatic amines is 1. The maximum absolute atomic E-state index is 12.7. The van der Waals surface area contributed by atoms with Crippen LogP contribution in [0.25, 0.3) is 0 Å². The molecule has 0 atom stereocenters. The highest BCUT2D eigenvalue weighted by atomic mass is 16.6. The first-order chi connectivity index (χ1) is 16.9. The fourth-order valence-electron chi connectivity index (χ4n) is 3.99. The quantitative estimate of drug-likeness (QED) is 0.458. The van der Waals surface area contributed by atoms with Crippen LogP contribution in [0.4, 0.5) is 16.3 Å². The van der Waals surface area contributed by atoms with Crippen LogP contribution in [-0.4, -0.2) is 77.5 Å². The summed E-state index contributed by atoms with van der Waals surface area (Å²) in [6.07, 6.45) is 1.18. The van der Waals surface area contributed by atoms with Gasteiger partial charge in [0.15, 0.2) is 5.78 Å². The van der Waals surface area contributed by atoms with E-state index in [2.05, 4.69) is 20.2 Å². The largest absolute Gasteiger partial charge is 0.465 e. The van der Waals surface area contributed by atoms with E-state index in [-0.39, 0.29) is 29.6 Å². The Morgan fingerprint density at radius 1 is 1.11 bits per heavy atom. The van der Waals surface area contributed by atoms with Gasteiger partial charge in [0.05, 0.1) is 36.7 Å². The van der Waals surface area contributed by atoms with Gasteiger partial charge >= 0.3 is 12.1 Å². The fraction of sp³-hybridized carbons (Fsp3) is 0.480. The van der Waals surface area contributed by atoms with Crippen molar-refractivity contribution in [3.05, 3.63) is 40.8 Å². The average molecular weight is 500 g/mol. The van der Waals surface area contributed by atoms with Gasteiger partial charge in [-0.3, -0.25) is 9.59 Å². The van der Waals surface area contributed by atoms with Crippen molar-refractivity contribution in [1.29, 1.82) is 0 Å². The summed E-state index contributed by atoms with van der Waals surface area (Å²) in [5.41, 5.74) is 1.55. The van der Waals surface area contributed by atoms with E-state index < -0.39 is 17.5 Å². The first-order valence-corrected chi connectivity index (χ1v) is 11.7. The number of rotatable bonds is 6. The number of piperazine rings is 1. The summed E-state index contributed by atoms with van der Waals surface area (Å²) in [4.78, 5) is 60.0. The molecule has 11 nitrogen and oxygen atoms in total. The molecule has 1 fully saturated rings. The Morgan fingerprint density at radius 2 is 1.78 bits per heavy atom. The third-order valence-corrected chi connectivity index (χ3v) is 5.72. The molecule has 0 spiro atoms. The maximum atomic E-state index is 12.7. The second kappa shape index (κ2) is 10.8. The molecule has 0 aromatic carbocycles. The molecule has 3 heterocycles. The third-order valence-electron chi connectivity index (χ3n) is 5.72. The van der Waals surface area contributed by atoms with Crippen molar-refractivity contribution in [1.82, 2.24) is 14.9 Å². The van der Waals surface area contributed by atoms with Crippen molar-refractivity contribution in [2.45, 2.75) is 46.6 Å². The summed E-state index contributed by atoms with van der Waals surface area (Å²) in [6, 6.07) is 3.54. The van der Waals surface area contributed by atoms with E-state index in [1.165, 1.54) is 14.0 Å². The van der Waals surface area contributed by atoms with Crippen molar-refractivity contribution in [3.63, 3.8) is 0 Å². The number of ether oxygens (including phenoxy) is 2. The van der Waals surface area contributed by atoms with Crippen LogP contribution in [-0.2, 0) is 20.7 Å². The van der Waals surface area contributed by atoms with Gasteiger partial charge in [-0.1, -0.05) is 0 Å². The minimum atomic E-state index is -0.617. The van der Waals surface area contributed by atoms with Gasteiger partial charge in [0.2, 0.25) is 5.91 Å². The zero-order valence-corrected chi connectivity index (χ0v) is 21.6. The Hall–Kier alpha value is -3.89. The molecule has 0 unspecified atom stereocenters. The molecule has 0 bridgehead atoms. The SMILES string of the molecule is COC(=O)c1c(CC(=O)Nc2ccc(N3CCN(C(=O)OC(C)(C)C)CC3)cn2)[nH]c(C(C)=O)c1C. The van der Waals surface area contributed by atoms with Crippen molar-refractivity contribution >= 4 is 35.3 Å². The summed E-state index contributed by atoms with van der Waals surface area (Å²) in [5, 5.41) is 2.71. The first kappa shape index (κ1) is 26.7. The molecule has 0 saturated carbocycles. The van der Waals surface area contributed by atoms with Gasteiger partial charge in [0, 0.05) is 38.8 Å². The molecule has 11 heteroatoms. The van der Waals surface area contributed by atoms with Crippen molar-refractivity contribution in [2.75, 3.05) is 43.5 Å². The van der Waals surface area contributed by atoms with E-state index in [1.807, 2.05) is 26.8 Å². The number of hydrogen-bond donors (Lipinski definition) is 2. The van der Waals surface area contributed by atoms with Crippen LogP contribution < -0.4 is 10.2 Å². The number of methoxy groups -OCH3 is 1. The number of ketones is 1. The van der Waals surface area contributed by atoms with Gasteiger partial charge in [-0.25, -0.2) is 14.6 Å². The van der Waals surface area contributed by atoms with Crippen LogP contribution >= 0.6 is 0 Å². The zero-order chi connectivity index (χ0) is 26.6. The average Bonchev–Trinajstić information content (AvgIpc) is 3.13. The molecule has 36 heavy (non-hydrogen) atoms. The number of esters is 1. The van der Waals surface area contributed by atoms with Gasteiger partial charge in [-0.15, -0.1) is 0 Å². The molecule has 1 aliphatic heterocycles. The van der Waals surface area contributed by atoms with Crippen LogP contribution in [0.5, 0.6) is 0 Å². The smallest absolute Gasteiger partial charge is 0.410 e. The molecule has 3 rings (SSSR count). The summed E-state index contributed by atoms with van der Waals surface area (Å²) in [5.74, 6) is -0.907. The number of carbonyl (C=O) groups excluding carboxylic acids is 4. The minimum Gasteiger partial charge on any atom is -0.465 e. The number of nitrogens with one attached hydrogen (secondary N) is 2. The molecule has 1 aliphatic rings. The standard InChI is InChI=1S/C25H33N5O6/c1-15-21(23(33)35-6)18(27-22(15)16(2)31)13-20(32)28-19-8-7-17(14-26-19)29-9-11-30(12-10-29)24(34)36-25(3,4)5/h7-8,14,27H,9-13H2,1-6H3,(H,26,28,32).